The Morgan fingerprint density at radius 1 is 1.48 bits per heavy atom. The number of hydrogen-bond acceptors (Lipinski definition) is 7. The average Bonchev–Trinajstić information content (AvgIpc) is 3.08. The number of rotatable bonds is 3. The second-order valence-corrected chi connectivity index (χ2v) is 6.40. The fraction of sp³-hybridized carbons (Fsp3) is 0.182. The number of nitro groups is 1. The molecule has 10 heteroatoms. The Kier molecular flexibility index (Phi) is 3.79. The molecule has 0 spiro atoms. The van der Waals surface area contributed by atoms with Gasteiger partial charge in [-0.3, -0.25) is 19.8 Å². The van der Waals surface area contributed by atoms with Crippen molar-refractivity contribution in [3.63, 3.8) is 0 Å². The van der Waals surface area contributed by atoms with Crippen LogP contribution in [0.3, 0.4) is 0 Å². The molecule has 1 aromatic heterocycles. The molecule has 1 atom stereocenters. The molecule has 0 bridgehead atoms. The maximum absolute atomic E-state index is 12.0. The van der Waals surface area contributed by atoms with Gasteiger partial charge in [0.1, 0.15) is 15.9 Å². The van der Waals surface area contributed by atoms with Crippen molar-refractivity contribution in [3.05, 3.63) is 44.4 Å². The maximum atomic E-state index is 12.0. The summed E-state index contributed by atoms with van der Waals surface area (Å²) in [5.41, 5.74) is 2.00. The van der Waals surface area contributed by atoms with Crippen molar-refractivity contribution in [3.8, 4) is 0 Å². The second kappa shape index (κ2) is 5.58. The first kappa shape index (κ1) is 14.2. The fourth-order valence-corrected chi connectivity index (χ4v) is 3.97. The molecule has 0 radical (unpaired) electrons. The molecule has 2 aromatic rings. The van der Waals surface area contributed by atoms with Crippen molar-refractivity contribution in [1.82, 2.24) is 10.2 Å². The summed E-state index contributed by atoms with van der Waals surface area (Å²) in [5, 5.41) is 18.8. The number of nitrogens with zero attached hydrogens (tertiary/aromatic N) is 4. The summed E-state index contributed by atoms with van der Waals surface area (Å²) >= 11 is 8.44. The third-order valence-corrected chi connectivity index (χ3v) is 5.10. The van der Waals surface area contributed by atoms with E-state index in [1.54, 1.807) is 6.07 Å². The van der Waals surface area contributed by atoms with Gasteiger partial charge in [-0.15, -0.1) is 22.0 Å². The van der Waals surface area contributed by atoms with Crippen LogP contribution in [0.2, 0.25) is 5.02 Å². The highest BCUT2D eigenvalue weighted by Crippen LogP contribution is 2.43. The topological polar surface area (TPSA) is 89.2 Å². The number of aromatic nitrogens is 2. The maximum Gasteiger partial charge on any atom is 0.288 e. The Morgan fingerprint density at radius 3 is 2.95 bits per heavy atom. The molecule has 1 aromatic carbocycles. The lowest BCUT2D eigenvalue weighted by Gasteiger charge is -2.20. The van der Waals surface area contributed by atoms with E-state index in [9.17, 15) is 14.9 Å². The number of carbonyl (C=O) groups is 1. The smallest absolute Gasteiger partial charge is 0.273 e. The van der Waals surface area contributed by atoms with E-state index in [0.29, 0.717) is 16.4 Å². The first-order chi connectivity index (χ1) is 10.1. The SMILES string of the molecule is O=C1CS[C@H](c2ccc(Cl)c([N+](=O)[O-])c2)N1c1nncs1. The lowest BCUT2D eigenvalue weighted by Crippen LogP contribution is -2.27. The van der Waals surface area contributed by atoms with Gasteiger partial charge in [0.15, 0.2) is 0 Å². The molecular formula is C11H7ClN4O3S2. The van der Waals surface area contributed by atoms with Gasteiger partial charge in [0.25, 0.3) is 5.69 Å². The van der Waals surface area contributed by atoms with Gasteiger partial charge in [-0.1, -0.05) is 29.0 Å². The van der Waals surface area contributed by atoms with Crippen LogP contribution in [0.25, 0.3) is 0 Å². The molecule has 0 saturated carbocycles. The Hall–Kier alpha value is -1.71. The van der Waals surface area contributed by atoms with Gasteiger partial charge in [-0.05, 0) is 11.6 Å². The van der Waals surface area contributed by atoms with E-state index in [0.717, 1.165) is 0 Å². The van der Waals surface area contributed by atoms with E-state index in [1.165, 1.54) is 45.6 Å². The number of amides is 1. The highest BCUT2D eigenvalue weighted by molar-refractivity contribution is 8.00. The molecule has 2 heterocycles. The van der Waals surface area contributed by atoms with Gasteiger partial charge in [0, 0.05) is 6.07 Å². The van der Waals surface area contributed by atoms with Crippen molar-refractivity contribution >= 4 is 51.4 Å². The molecule has 3 rings (SSSR count). The first-order valence-corrected chi connectivity index (χ1v) is 8.02. The van der Waals surface area contributed by atoms with Crippen LogP contribution in [0.5, 0.6) is 0 Å². The normalized spacial score (nSPS) is 18.2. The van der Waals surface area contributed by atoms with Crippen LogP contribution in [-0.2, 0) is 4.79 Å². The average molecular weight is 343 g/mol. The molecule has 1 fully saturated rings. The minimum atomic E-state index is -0.539. The van der Waals surface area contributed by atoms with Gasteiger partial charge >= 0.3 is 0 Å². The molecule has 0 aliphatic carbocycles. The van der Waals surface area contributed by atoms with Gasteiger partial charge in [0.05, 0.1) is 10.7 Å². The minimum absolute atomic E-state index is 0.0699. The van der Waals surface area contributed by atoms with Gasteiger partial charge in [-0.25, -0.2) is 0 Å². The Balaban J connectivity index is 2.01. The highest BCUT2D eigenvalue weighted by Gasteiger charge is 2.36. The number of hydrogen-bond donors (Lipinski definition) is 0. The predicted octanol–water partition coefficient (Wildman–Crippen LogP) is 2.88. The highest BCUT2D eigenvalue weighted by atomic mass is 35.5. The predicted molar refractivity (Wildman–Crippen MR) is 80.7 cm³/mol. The number of thioether (sulfide) groups is 1. The molecule has 0 unspecified atom stereocenters. The quantitative estimate of drug-likeness (QED) is 0.629. The number of nitro benzene ring substituents is 1. The van der Waals surface area contributed by atoms with Crippen LogP contribution in [0, 0.1) is 10.1 Å². The lowest BCUT2D eigenvalue weighted by atomic mass is 10.2. The van der Waals surface area contributed by atoms with Crippen LogP contribution in [0.1, 0.15) is 10.9 Å². The van der Waals surface area contributed by atoms with Crippen LogP contribution >= 0.6 is 34.7 Å². The largest absolute Gasteiger partial charge is 0.288 e. The zero-order valence-electron chi connectivity index (χ0n) is 10.3. The van der Waals surface area contributed by atoms with Crippen molar-refractivity contribution in [2.24, 2.45) is 0 Å². The summed E-state index contributed by atoms with van der Waals surface area (Å²) in [5.74, 6) is 0.195. The molecule has 0 N–H and O–H groups in total. The standard InChI is InChI=1S/C11H7ClN4O3S2/c12-7-2-1-6(3-8(7)16(18)19)10-15(9(17)4-20-10)11-14-13-5-21-11/h1-3,5,10H,4H2/t10-/m1/s1. The van der Waals surface area contributed by atoms with E-state index in [2.05, 4.69) is 10.2 Å². The summed E-state index contributed by atoms with van der Waals surface area (Å²) in [6, 6.07) is 4.54. The zero-order valence-corrected chi connectivity index (χ0v) is 12.7. The molecular weight excluding hydrogens is 336 g/mol. The minimum Gasteiger partial charge on any atom is -0.273 e. The van der Waals surface area contributed by atoms with Crippen molar-refractivity contribution in [1.29, 1.82) is 0 Å². The zero-order chi connectivity index (χ0) is 15.0. The summed E-state index contributed by atoms with van der Waals surface area (Å²) in [6.07, 6.45) is 0. The van der Waals surface area contributed by atoms with E-state index in [4.69, 9.17) is 11.6 Å². The van der Waals surface area contributed by atoms with Gasteiger partial charge < -0.3 is 0 Å². The Labute approximate surface area is 132 Å². The van der Waals surface area contributed by atoms with E-state index in [-0.39, 0.29) is 22.0 Å². The summed E-state index contributed by atoms with van der Waals surface area (Å²) in [7, 11) is 0. The fourth-order valence-electron chi connectivity index (χ4n) is 1.97. The van der Waals surface area contributed by atoms with E-state index >= 15 is 0 Å². The van der Waals surface area contributed by atoms with Crippen molar-refractivity contribution < 1.29 is 9.72 Å². The Morgan fingerprint density at radius 2 is 2.29 bits per heavy atom. The first-order valence-electron chi connectivity index (χ1n) is 5.71. The van der Waals surface area contributed by atoms with Crippen LogP contribution in [0.4, 0.5) is 10.8 Å². The monoisotopic (exact) mass is 342 g/mol. The number of halogens is 1. The van der Waals surface area contributed by atoms with Crippen LogP contribution in [-0.4, -0.2) is 26.8 Å². The van der Waals surface area contributed by atoms with Crippen molar-refractivity contribution in [2.45, 2.75) is 5.37 Å². The number of anilines is 1. The third kappa shape index (κ3) is 2.59. The third-order valence-electron chi connectivity index (χ3n) is 2.87. The van der Waals surface area contributed by atoms with E-state index in [1.807, 2.05) is 0 Å². The summed E-state index contributed by atoms with van der Waals surface area (Å²) < 4.78 is 0. The molecule has 108 valence electrons. The summed E-state index contributed by atoms with van der Waals surface area (Å²) in [4.78, 5) is 24.0. The van der Waals surface area contributed by atoms with Gasteiger partial charge in [0.2, 0.25) is 11.0 Å². The van der Waals surface area contributed by atoms with Gasteiger partial charge in [-0.2, -0.15) is 0 Å². The molecule has 1 aliphatic rings. The van der Waals surface area contributed by atoms with Crippen LogP contribution in [0.15, 0.2) is 23.7 Å². The Bertz CT molecular complexity index is 709. The number of benzene rings is 1. The molecule has 21 heavy (non-hydrogen) atoms. The molecule has 1 saturated heterocycles. The lowest BCUT2D eigenvalue weighted by molar-refractivity contribution is -0.384. The summed E-state index contributed by atoms with van der Waals surface area (Å²) in [6.45, 7) is 0. The number of carbonyl (C=O) groups excluding carboxylic acids is 1. The molecule has 7 nitrogen and oxygen atoms in total. The molecule has 1 amide bonds. The van der Waals surface area contributed by atoms with Crippen LogP contribution < -0.4 is 4.90 Å². The second-order valence-electron chi connectivity index (χ2n) is 4.12. The van der Waals surface area contributed by atoms with Crippen molar-refractivity contribution in [2.75, 3.05) is 10.7 Å². The molecule has 1 aliphatic heterocycles. The van der Waals surface area contributed by atoms with E-state index < -0.39 is 4.92 Å².